The number of carbonyl (C=O) groups excluding carboxylic acids is 1. The second-order valence-corrected chi connectivity index (χ2v) is 10.8. The Kier molecular flexibility index (Phi) is 9.09. The average molecular weight is 567 g/mol. The molecule has 5 rings (SSSR count). The van der Waals surface area contributed by atoms with Gasteiger partial charge in [0, 0.05) is 31.0 Å². The molecule has 0 spiro atoms. The monoisotopic (exact) mass is 566 g/mol. The van der Waals surface area contributed by atoms with E-state index in [2.05, 4.69) is 22.2 Å². The maximum Gasteiger partial charge on any atom is 0.274 e. The smallest absolute Gasteiger partial charge is 0.274 e. The van der Waals surface area contributed by atoms with Crippen molar-refractivity contribution in [1.82, 2.24) is 9.97 Å². The van der Waals surface area contributed by atoms with Gasteiger partial charge in [0.25, 0.3) is 5.91 Å². The van der Waals surface area contributed by atoms with Crippen LogP contribution in [0.1, 0.15) is 67.4 Å². The Morgan fingerprint density at radius 3 is 2.78 bits per heavy atom. The number of amides is 1. The lowest BCUT2D eigenvalue weighted by molar-refractivity contribution is 0.00724. The van der Waals surface area contributed by atoms with Gasteiger partial charge < -0.3 is 25.3 Å². The summed E-state index contributed by atoms with van der Waals surface area (Å²) in [5.74, 6) is -1.17. The third-order valence-electron chi connectivity index (χ3n) is 7.95. The number of halogens is 2. The summed E-state index contributed by atoms with van der Waals surface area (Å²) in [6.07, 6.45) is 8.53. The van der Waals surface area contributed by atoms with Crippen LogP contribution in [0.5, 0.6) is 11.5 Å². The standard InChI is InChI=1S/C31H36F2N4O4/c1-3-18-11-19(13-20(34)12-18)23-8-9-35-16-27(23)37-31(38)26-7-6-24(32)30(36-26)29-25(33)14-22(15-28(29)39-2)41-21-5-4-10-40-17-21/h6-9,14-16,18-21H,3-5,10-13,17,34H2,1-2H3,(H,37,38)/t18-,19+,20-,21+/m0/s1. The van der Waals surface area contributed by atoms with Gasteiger partial charge in [0.1, 0.15) is 40.6 Å². The van der Waals surface area contributed by atoms with Crippen molar-refractivity contribution in [1.29, 1.82) is 0 Å². The molecule has 218 valence electrons. The van der Waals surface area contributed by atoms with Gasteiger partial charge in [0.15, 0.2) is 0 Å². The topological polar surface area (TPSA) is 109 Å². The number of nitrogens with two attached hydrogens (primary N) is 1. The maximum absolute atomic E-state index is 15.4. The van der Waals surface area contributed by atoms with Crippen LogP contribution in [0.2, 0.25) is 0 Å². The van der Waals surface area contributed by atoms with E-state index < -0.39 is 17.5 Å². The summed E-state index contributed by atoms with van der Waals surface area (Å²) in [4.78, 5) is 21.8. The average Bonchev–Trinajstić information content (AvgIpc) is 2.97. The van der Waals surface area contributed by atoms with Gasteiger partial charge in [0.2, 0.25) is 0 Å². The van der Waals surface area contributed by atoms with Crippen molar-refractivity contribution in [2.45, 2.75) is 63.5 Å². The fraction of sp³-hybridized carbons (Fsp3) is 0.452. The minimum absolute atomic E-state index is 0.0364. The molecular weight excluding hydrogens is 530 g/mol. The summed E-state index contributed by atoms with van der Waals surface area (Å²) in [7, 11) is 1.35. The summed E-state index contributed by atoms with van der Waals surface area (Å²) >= 11 is 0. The molecule has 8 nitrogen and oxygen atoms in total. The molecule has 1 aliphatic heterocycles. The van der Waals surface area contributed by atoms with Gasteiger partial charge in [-0.3, -0.25) is 9.78 Å². The van der Waals surface area contributed by atoms with Crippen molar-refractivity contribution < 1.29 is 27.8 Å². The van der Waals surface area contributed by atoms with Crippen LogP contribution >= 0.6 is 0 Å². The highest BCUT2D eigenvalue weighted by Gasteiger charge is 2.29. The van der Waals surface area contributed by atoms with Gasteiger partial charge in [-0.05, 0) is 67.7 Å². The molecule has 3 N–H and O–H groups in total. The van der Waals surface area contributed by atoms with Gasteiger partial charge in [0.05, 0.1) is 31.2 Å². The molecule has 10 heteroatoms. The molecule has 0 bridgehead atoms. The Hall–Kier alpha value is -3.63. The van der Waals surface area contributed by atoms with Crippen LogP contribution in [-0.4, -0.2) is 48.3 Å². The zero-order valence-electron chi connectivity index (χ0n) is 23.4. The Morgan fingerprint density at radius 1 is 1.17 bits per heavy atom. The molecule has 1 aromatic carbocycles. The quantitative estimate of drug-likeness (QED) is 0.352. The molecule has 1 amide bonds. The van der Waals surface area contributed by atoms with E-state index in [1.165, 1.54) is 25.3 Å². The molecule has 1 saturated carbocycles. The number of benzene rings is 1. The number of carbonyl (C=O) groups is 1. The normalized spacial score (nSPS) is 22.7. The van der Waals surface area contributed by atoms with Crippen molar-refractivity contribution in [3.8, 4) is 22.8 Å². The molecule has 0 radical (unpaired) electrons. The number of hydrogen-bond donors (Lipinski definition) is 2. The number of nitrogens with one attached hydrogen (secondary N) is 1. The van der Waals surface area contributed by atoms with E-state index in [0.29, 0.717) is 24.8 Å². The minimum atomic E-state index is -0.794. The van der Waals surface area contributed by atoms with E-state index in [4.69, 9.17) is 19.9 Å². The molecule has 3 aromatic rings. The second kappa shape index (κ2) is 12.9. The van der Waals surface area contributed by atoms with E-state index in [1.54, 1.807) is 12.4 Å². The van der Waals surface area contributed by atoms with Crippen LogP contribution in [0, 0.1) is 17.6 Å². The Labute approximate surface area is 238 Å². The van der Waals surface area contributed by atoms with Crippen LogP contribution in [0.3, 0.4) is 0 Å². The number of nitrogens with zero attached hydrogens (tertiary/aromatic N) is 2. The fourth-order valence-corrected chi connectivity index (χ4v) is 5.88. The van der Waals surface area contributed by atoms with E-state index >= 15 is 8.78 Å². The molecule has 2 fully saturated rings. The number of rotatable bonds is 8. The van der Waals surface area contributed by atoms with Gasteiger partial charge >= 0.3 is 0 Å². The molecule has 0 unspecified atom stereocenters. The van der Waals surface area contributed by atoms with Crippen molar-refractivity contribution in [3.05, 3.63) is 65.6 Å². The predicted molar refractivity (Wildman–Crippen MR) is 151 cm³/mol. The molecule has 1 aliphatic carbocycles. The van der Waals surface area contributed by atoms with Gasteiger partial charge in [-0.2, -0.15) is 0 Å². The molecule has 4 atom stereocenters. The molecular formula is C31H36F2N4O4. The molecule has 2 aliphatic rings. The SMILES string of the molecule is CC[C@@H]1C[C@H](N)C[C@H](c2ccncc2NC(=O)c2ccc(F)c(-c3c(F)cc(O[C@@H]4CCCOC4)cc3OC)n2)C1. The van der Waals surface area contributed by atoms with Gasteiger partial charge in [-0.1, -0.05) is 13.3 Å². The lowest BCUT2D eigenvalue weighted by atomic mass is 9.75. The number of anilines is 1. The highest BCUT2D eigenvalue weighted by Crippen LogP contribution is 2.40. The van der Waals surface area contributed by atoms with Crippen LogP contribution in [-0.2, 0) is 4.74 Å². The summed E-state index contributed by atoms with van der Waals surface area (Å²) in [5, 5.41) is 2.88. The summed E-state index contributed by atoms with van der Waals surface area (Å²) < 4.78 is 47.2. The van der Waals surface area contributed by atoms with E-state index in [9.17, 15) is 4.79 Å². The molecule has 2 aromatic heterocycles. The lowest BCUT2D eigenvalue weighted by Gasteiger charge is -2.33. The summed E-state index contributed by atoms with van der Waals surface area (Å²) in [5.41, 5.74) is 7.24. The number of methoxy groups -OCH3 is 1. The number of aromatic nitrogens is 2. The van der Waals surface area contributed by atoms with E-state index in [-0.39, 0.29) is 46.5 Å². The molecule has 41 heavy (non-hydrogen) atoms. The molecule has 1 saturated heterocycles. The first-order valence-corrected chi connectivity index (χ1v) is 14.2. The highest BCUT2D eigenvalue weighted by molar-refractivity contribution is 6.03. The fourth-order valence-electron chi connectivity index (χ4n) is 5.88. The Morgan fingerprint density at radius 2 is 2.02 bits per heavy atom. The first-order chi connectivity index (χ1) is 19.9. The largest absolute Gasteiger partial charge is 0.496 e. The van der Waals surface area contributed by atoms with Crippen molar-refractivity contribution >= 4 is 11.6 Å². The van der Waals surface area contributed by atoms with Crippen molar-refractivity contribution in [2.24, 2.45) is 11.7 Å². The predicted octanol–water partition coefficient (Wildman–Crippen LogP) is 5.86. The van der Waals surface area contributed by atoms with Crippen molar-refractivity contribution in [3.63, 3.8) is 0 Å². The van der Waals surface area contributed by atoms with Crippen LogP contribution in [0.15, 0.2) is 42.7 Å². The number of pyridine rings is 2. The number of hydrogen-bond acceptors (Lipinski definition) is 7. The van der Waals surface area contributed by atoms with Crippen LogP contribution in [0.25, 0.3) is 11.3 Å². The van der Waals surface area contributed by atoms with E-state index in [0.717, 1.165) is 50.2 Å². The third-order valence-corrected chi connectivity index (χ3v) is 7.95. The van der Waals surface area contributed by atoms with Gasteiger partial charge in [-0.25, -0.2) is 13.8 Å². The first-order valence-electron chi connectivity index (χ1n) is 14.2. The summed E-state index contributed by atoms with van der Waals surface area (Å²) in [6, 6.07) is 7.00. The summed E-state index contributed by atoms with van der Waals surface area (Å²) in [6.45, 7) is 3.24. The zero-order valence-corrected chi connectivity index (χ0v) is 23.4. The van der Waals surface area contributed by atoms with Crippen molar-refractivity contribution in [2.75, 3.05) is 25.6 Å². The van der Waals surface area contributed by atoms with Gasteiger partial charge in [-0.15, -0.1) is 0 Å². The highest BCUT2D eigenvalue weighted by atomic mass is 19.1. The van der Waals surface area contributed by atoms with E-state index in [1.807, 2.05) is 6.07 Å². The number of ether oxygens (including phenoxy) is 3. The first kappa shape index (κ1) is 28.9. The molecule has 3 heterocycles. The van der Waals surface area contributed by atoms with Crippen LogP contribution < -0.4 is 20.5 Å². The van der Waals surface area contributed by atoms with Crippen LogP contribution in [0.4, 0.5) is 14.5 Å². The lowest BCUT2D eigenvalue weighted by Crippen LogP contribution is -2.32. The Balaban J connectivity index is 1.40. The minimum Gasteiger partial charge on any atom is -0.496 e. The maximum atomic E-state index is 15.4. The zero-order chi connectivity index (χ0) is 28.9. The third kappa shape index (κ3) is 6.65. The Bertz CT molecular complexity index is 1380. The second-order valence-electron chi connectivity index (χ2n) is 10.8.